The molecular weight excluding hydrogens is 489 g/mol. The van der Waals surface area contributed by atoms with E-state index in [1.165, 1.54) is 30.4 Å². The van der Waals surface area contributed by atoms with Gasteiger partial charge in [-0.1, -0.05) is 22.0 Å². The summed E-state index contributed by atoms with van der Waals surface area (Å²) in [6, 6.07) is 3.35. The maximum Gasteiger partial charge on any atom is 0.347 e. The van der Waals surface area contributed by atoms with Crippen LogP contribution in [0.5, 0.6) is 0 Å². The van der Waals surface area contributed by atoms with Gasteiger partial charge in [-0.3, -0.25) is 4.99 Å². The molecule has 3 rings (SSSR count). The molecule has 0 bridgehead atoms. The fourth-order valence-electron chi connectivity index (χ4n) is 2.94. The predicted molar refractivity (Wildman–Crippen MR) is 118 cm³/mol. The molecule has 0 aliphatic carbocycles. The number of carbonyl (C=O) groups is 2. The lowest BCUT2D eigenvalue weighted by atomic mass is 9.96. The number of ether oxygens (including phenoxy) is 2. The minimum atomic E-state index is -1.10. The second kappa shape index (κ2) is 9.69. The highest BCUT2D eigenvalue weighted by Crippen LogP contribution is 2.36. The first kappa shape index (κ1) is 23.1. The Kier molecular flexibility index (Phi) is 7.22. The van der Waals surface area contributed by atoms with E-state index in [0.717, 1.165) is 0 Å². The summed E-state index contributed by atoms with van der Waals surface area (Å²) in [6.45, 7) is 6.57. The molecule has 1 aliphatic rings. The van der Waals surface area contributed by atoms with E-state index < -0.39 is 29.9 Å². The monoisotopic (exact) mass is 509 g/mol. The number of benzene rings is 1. The largest absolute Gasteiger partial charge is 0.460 e. The van der Waals surface area contributed by atoms with Gasteiger partial charge in [0.15, 0.2) is 16.9 Å². The zero-order chi connectivity index (χ0) is 22.7. The fraction of sp³-hybridized carbons (Fsp3) is 0.333. The third-order valence-electron chi connectivity index (χ3n) is 4.32. The summed E-state index contributed by atoms with van der Waals surface area (Å²) >= 11 is 4.75. The SMILES string of the molecule is CC1=C(C(=O)O[C@@H](C)C(=O)OC(C)C)C(c2ccc(F)cc2Br)N=C(c2nccs2)N1. The third-order valence-corrected chi connectivity index (χ3v) is 5.79. The highest BCUT2D eigenvalue weighted by molar-refractivity contribution is 9.10. The Morgan fingerprint density at radius 1 is 1.26 bits per heavy atom. The van der Waals surface area contributed by atoms with E-state index >= 15 is 0 Å². The van der Waals surface area contributed by atoms with Crippen LogP contribution in [0.3, 0.4) is 0 Å². The lowest BCUT2D eigenvalue weighted by Gasteiger charge is -2.27. The average Bonchev–Trinajstić information content (AvgIpc) is 3.21. The number of carbonyl (C=O) groups excluding carboxylic acids is 2. The molecule has 0 amide bonds. The number of halogens is 2. The van der Waals surface area contributed by atoms with Crippen molar-refractivity contribution in [3.05, 3.63) is 61.9 Å². The Balaban J connectivity index is 1.97. The molecule has 31 heavy (non-hydrogen) atoms. The summed E-state index contributed by atoms with van der Waals surface area (Å²) in [6.07, 6.45) is 0.217. The van der Waals surface area contributed by atoms with E-state index in [0.29, 0.717) is 26.6 Å². The lowest BCUT2D eigenvalue weighted by molar-refractivity contribution is -0.167. The van der Waals surface area contributed by atoms with Crippen molar-refractivity contribution in [1.29, 1.82) is 0 Å². The molecule has 1 unspecified atom stereocenters. The fourth-order valence-corrected chi connectivity index (χ4v) is 4.09. The van der Waals surface area contributed by atoms with E-state index in [9.17, 15) is 14.0 Å². The number of allylic oxidation sites excluding steroid dienone is 1. The topological polar surface area (TPSA) is 89.9 Å². The van der Waals surface area contributed by atoms with Crippen molar-refractivity contribution in [3.63, 3.8) is 0 Å². The summed E-state index contributed by atoms with van der Waals surface area (Å²) in [4.78, 5) is 34.1. The molecule has 0 spiro atoms. The van der Waals surface area contributed by atoms with Gasteiger partial charge in [0.25, 0.3) is 0 Å². The molecule has 2 atom stereocenters. The number of nitrogens with one attached hydrogen (secondary N) is 1. The molecule has 2 heterocycles. The number of hydrogen-bond acceptors (Lipinski definition) is 8. The van der Waals surface area contributed by atoms with E-state index in [2.05, 4.69) is 31.2 Å². The van der Waals surface area contributed by atoms with Gasteiger partial charge in [0.05, 0.1) is 11.7 Å². The number of hydrogen-bond donors (Lipinski definition) is 1. The second-order valence-corrected chi connectivity index (χ2v) is 8.83. The van der Waals surface area contributed by atoms with Crippen LogP contribution in [-0.2, 0) is 19.1 Å². The molecule has 1 aliphatic heterocycles. The first-order chi connectivity index (χ1) is 14.7. The normalized spacial score (nSPS) is 17.1. The summed E-state index contributed by atoms with van der Waals surface area (Å²) in [5, 5.41) is 5.54. The summed E-state index contributed by atoms with van der Waals surface area (Å²) < 4.78 is 24.6. The molecular formula is C21H21BrFN3O4S. The molecule has 0 saturated heterocycles. The molecule has 7 nitrogen and oxygen atoms in total. The van der Waals surface area contributed by atoms with Gasteiger partial charge in [-0.05, 0) is 45.4 Å². The van der Waals surface area contributed by atoms with Crippen molar-refractivity contribution in [1.82, 2.24) is 10.3 Å². The zero-order valence-electron chi connectivity index (χ0n) is 17.3. The maximum atomic E-state index is 13.7. The number of rotatable bonds is 6. The van der Waals surface area contributed by atoms with Gasteiger partial charge in [0.2, 0.25) is 0 Å². The molecule has 1 N–H and O–H groups in total. The number of amidine groups is 1. The predicted octanol–water partition coefficient (Wildman–Crippen LogP) is 4.29. The van der Waals surface area contributed by atoms with Crippen molar-refractivity contribution in [2.45, 2.75) is 45.9 Å². The maximum absolute atomic E-state index is 13.7. The van der Waals surface area contributed by atoms with Crippen LogP contribution in [0.2, 0.25) is 0 Å². The van der Waals surface area contributed by atoms with Crippen molar-refractivity contribution in [2.24, 2.45) is 4.99 Å². The van der Waals surface area contributed by atoms with Gasteiger partial charge < -0.3 is 14.8 Å². The lowest BCUT2D eigenvalue weighted by Crippen LogP contribution is -2.35. The first-order valence-electron chi connectivity index (χ1n) is 9.49. The number of thiazole rings is 1. The quantitative estimate of drug-likeness (QED) is 0.584. The zero-order valence-corrected chi connectivity index (χ0v) is 19.7. The van der Waals surface area contributed by atoms with Crippen LogP contribution in [0.25, 0.3) is 0 Å². The Hall–Kier alpha value is -2.59. The highest BCUT2D eigenvalue weighted by atomic mass is 79.9. The second-order valence-electron chi connectivity index (χ2n) is 7.08. The molecule has 164 valence electrons. The van der Waals surface area contributed by atoms with E-state index in [1.807, 2.05) is 5.38 Å². The first-order valence-corrected chi connectivity index (χ1v) is 11.2. The summed E-state index contributed by atoms with van der Waals surface area (Å²) in [7, 11) is 0. The van der Waals surface area contributed by atoms with Crippen LogP contribution < -0.4 is 5.32 Å². The molecule has 0 saturated carbocycles. The Morgan fingerprint density at radius 3 is 2.61 bits per heavy atom. The Bertz CT molecular complexity index is 1050. The molecule has 1 aromatic carbocycles. The van der Waals surface area contributed by atoms with Crippen molar-refractivity contribution < 1.29 is 23.5 Å². The van der Waals surface area contributed by atoms with E-state index in [1.54, 1.807) is 33.0 Å². The van der Waals surface area contributed by atoms with Crippen LogP contribution in [-0.4, -0.2) is 35.0 Å². The van der Waals surface area contributed by atoms with Crippen LogP contribution in [0.1, 0.15) is 44.3 Å². The van der Waals surface area contributed by atoms with Gasteiger partial charge in [0, 0.05) is 21.7 Å². The minimum absolute atomic E-state index is 0.205. The number of aromatic nitrogens is 1. The summed E-state index contributed by atoms with van der Waals surface area (Å²) in [5.41, 5.74) is 1.27. The highest BCUT2D eigenvalue weighted by Gasteiger charge is 2.34. The van der Waals surface area contributed by atoms with Gasteiger partial charge in [-0.15, -0.1) is 11.3 Å². The Morgan fingerprint density at radius 2 is 2.00 bits per heavy atom. The average molecular weight is 510 g/mol. The molecule has 0 radical (unpaired) electrons. The molecule has 0 fully saturated rings. The van der Waals surface area contributed by atoms with E-state index in [-0.39, 0.29) is 11.7 Å². The van der Waals surface area contributed by atoms with E-state index in [4.69, 9.17) is 9.47 Å². The number of nitrogens with zero attached hydrogens (tertiary/aromatic N) is 2. The van der Waals surface area contributed by atoms with Crippen LogP contribution in [0.15, 0.2) is 50.5 Å². The Labute approximate surface area is 191 Å². The smallest absolute Gasteiger partial charge is 0.347 e. The molecule has 2 aromatic rings. The van der Waals surface area contributed by atoms with Crippen LogP contribution in [0.4, 0.5) is 4.39 Å². The van der Waals surface area contributed by atoms with Crippen LogP contribution >= 0.6 is 27.3 Å². The van der Waals surface area contributed by atoms with Crippen molar-refractivity contribution in [3.8, 4) is 0 Å². The number of esters is 2. The molecule has 10 heteroatoms. The van der Waals surface area contributed by atoms with Gasteiger partial charge >= 0.3 is 11.9 Å². The summed E-state index contributed by atoms with van der Waals surface area (Å²) in [5.74, 6) is -1.31. The van der Waals surface area contributed by atoms with Gasteiger partial charge in [-0.2, -0.15) is 0 Å². The van der Waals surface area contributed by atoms with Gasteiger partial charge in [-0.25, -0.2) is 19.0 Å². The minimum Gasteiger partial charge on any atom is -0.460 e. The van der Waals surface area contributed by atoms with Crippen molar-refractivity contribution in [2.75, 3.05) is 0 Å². The standard InChI is InChI=1S/C21H21BrFN3O4S/c1-10(2)29-20(27)12(4)30-21(28)16-11(3)25-18(19-24-7-8-31-19)26-17(16)14-6-5-13(23)9-15(14)22/h5-10,12,17H,1-4H3,(H,25,26)/t12-,17?/m0/s1. The number of aliphatic imine (C=N–C) groups is 1. The van der Waals surface area contributed by atoms with Gasteiger partial charge in [0.1, 0.15) is 11.9 Å². The van der Waals surface area contributed by atoms with Crippen LogP contribution in [0, 0.1) is 5.82 Å². The molecule has 1 aromatic heterocycles. The third kappa shape index (κ3) is 5.37. The van der Waals surface area contributed by atoms with Crippen molar-refractivity contribution >= 4 is 45.0 Å².